The first-order valence-electron chi connectivity index (χ1n) is 10.7. The van der Waals surface area contributed by atoms with Gasteiger partial charge >= 0.3 is 5.97 Å². The van der Waals surface area contributed by atoms with E-state index in [0.29, 0.717) is 11.0 Å². The van der Waals surface area contributed by atoms with Crippen molar-refractivity contribution in [3.8, 4) is 0 Å². The van der Waals surface area contributed by atoms with Gasteiger partial charge in [0.15, 0.2) is 5.78 Å². The number of halogens is 1. The zero-order valence-electron chi connectivity index (χ0n) is 18.8. The first-order chi connectivity index (χ1) is 15.5. The van der Waals surface area contributed by atoms with E-state index in [-0.39, 0.29) is 12.3 Å². The normalized spacial score (nSPS) is 13.6. The summed E-state index contributed by atoms with van der Waals surface area (Å²) in [6.07, 6.45) is -0.909. The van der Waals surface area contributed by atoms with Gasteiger partial charge in [0.05, 0.1) is 23.4 Å². The average Bonchev–Trinajstić information content (AvgIpc) is 3.09. The number of carboxylic acid groups (broad SMARTS) is 1. The van der Waals surface area contributed by atoms with E-state index in [1.807, 2.05) is 48.5 Å². The molecule has 0 saturated carbocycles. The molecule has 0 fully saturated rings. The Hall–Kier alpha value is -3.55. The van der Waals surface area contributed by atoms with Crippen molar-refractivity contribution in [2.24, 2.45) is 11.3 Å². The number of rotatable bonds is 8. The molecule has 2 atom stereocenters. The van der Waals surface area contributed by atoms with Crippen LogP contribution in [0, 0.1) is 11.3 Å². The summed E-state index contributed by atoms with van der Waals surface area (Å²) in [5.41, 5.74) is 0.742. The minimum absolute atomic E-state index is 0.179. The molecule has 7 nitrogen and oxygen atoms in total. The third-order valence-electron chi connectivity index (χ3n) is 5.79. The molecular weight excluding hydrogens is 427 g/mol. The third-order valence-corrected chi connectivity index (χ3v) is 5.79. The molecule has 0 spiro atoms. The van der Waals surface area contributed by atoms with Gasteiger partial charge in [0.1, 0.15) is 12.7 Å². The lowest BCUT2D eigenvalue weighted by Crippen LogP contribution is -2.48. The van der Waals surface area contributed by atoms with Crippen molar-refractivity contribution in [3.63, 3.8) is 0 Å². The molecular formula is C25H27FN2O5. The predicted octanol–water partition coefficient (Wildman–Crippen LogP) is 3.99. The second kappa shape index (κ2) is 9.52. The summed E-state index contributed by atoms with van der Waals surface area (Å²) in [6.45, 7) is 3.94. The van der Waals surface area contributed by atoms with Gasteiger partial charge in [-0.2, -0.15) is 0 Å². The fourth-order valence-corrected chi connectivity index (χ4v) is 4.03. The van der Waals surface area contributed by atoms with Gasteiger partial charge in [-0.1, -0.05) is 57.2 Å². The number of Topliss-reactive ketones (excluding diaryl/α,β-unsaturated/α-hetero) is 1. The lowest BCUT2D eigenvalue weighted by atomic mass is 9.77. The fourth-order valence-electron chi connectivity index (χ4n) is 4.03. The van der Waals surface area contributed by atoms with Gasteiger partial charge in [0, 0.05) is 17.2 Å². The number of aromatic nitrogens is 1. The maximum Gasteiger partial charge on any atom is 0.305 e. The molecule has 0 aliphatic rings. The number of benzene rings is 2. The maximum absolute atomic E-state index is 13.5. The van der Waals surface area contributed by atoms with Gasteiger partial charge in [-0.05, 0) is 17.5 Å². The van der Waals surface area contributed by atoms with Gasteiger partial charge in [-0.3, -0.25) is 23.7 Å². The quantitative estimate of drug-likeness (QED) is 0.536. The molecule has 0 bridgehead atoms. The molecule has 0 radical (unpaired) electrons. The highest BCUT2D eigenvalue weighted by molar-refractivity contribution is 6.13. The number of para-hydroxylation sites is 2. The molecule has 0 aliphatic carbocycles. The number of carboxylic acids is 1. The number of amides is 1. The molecule has 8 heteroatoms. The van der Waals surface area contributed by atoms with Crippen LogP contribution in [0.5, 0.6) is 0 Å². The number of nitrogens with zero attached hydrogens (tertiary/aromatic N) is 1. The Balaban J connectivity index is 1.96. The van der Waals surface area contributed by atoms with E-state index >= 15 is 0 Å². The van der Waals surface area contributed by atoms with Crippen LogP contribution in [0.2, 0.25) is 0 Å². The molecule has 3 rings (SSSR count). The average molecular weight is 454 g/mol. The number of carbonyl (C=O) groups is 4. The second-order valence-electron chi connectivity index (χ2n) is 9.15. The number of hydrogen-bond acceptors (Lipinski definition) is 4. The van der Waals surface area contributed by atoms with Crippen molar-refractivity contribution in [2.45, 2.75) is 39.7 Å². The number of hydrogen-bond donors (Lipinski definition) is 2. The van der Waals surface area contributed by atoms with Crippen LogP contribution in [0.15, 0.2) is 48.5 Å². The Bertz CT molecular complexity index is 1170. The number of nitrogens with one attached hydrogen (secondary N) is 1. The molecule has 1 amide bonds. The summed E-state index contributed by atoms with van der Waals surface area (Å²) in [6, 6.07) is 13.5. The highest BCUT2D eigenvalue weighted by atomic mass is 19.1. The van der Waals surface area contributed by atoms with Gasteiger partial charge < -0.3 is 10.4 Å². The Morgan fingerprint density at radius 1 is 0.939 bits per heavy atom. The van der Waals surface area contributed by atoms with Crippen LogP contribution in [-0.2, 0) is 14.4 Å². The standard InChI is InChI=1S/C25H27FN2O5/c1-25(2,3)17(24(33)27-18(13-23(31)32)21(29)14-26)12-22(30)28-19-10-6-4-8-15(19)16-9-5-7-11-20(16)28/h4-11,17-18H,12-14H2,1-3H3,(H,27,33)(H,31,32). The highest BCUT2D eigenvalue weighted by Gasteiger charge is 2.36. The van der Waals surface area contributed by atoms with Gasteiger partial charge in [-0.25, -0.2) is 4.39 Å². The van der Waals surface area contributed by atoms with Crippen molar-refractivity contribution in [3.05, 3.63) is 48.5 Å². The minimum Gasteiger partial charge on any atom is -0.481 e. The Labute approximate surface area is 190 Å². The van der Waals surface area contributed by atoms with Gasteiger partial charge in [0.25, 0.3) is 0 Å². The first kappa shape index (κ1) is 24.1. The fraction of sp³-hybridized carbons (Fsp3) is 0.360. The highest BCUT2D eigenvalue weighted by Crippen LogP contribution is 2.33. The summed E-state index contributed by atoms with van der Waals surface area (Å²) in [5.74, 6) is -4.21. The van der Waals surface area contributed by atoms with E-state index in [1.165, 1.54) is 0 Å². The summed E-state index contributed by atoms with van der Waals surface area (Å²) in [5, 5.41) is 13.2. The summed E-state index contributed by atoms with van der Waals surface area (Å²) >= 11 is 0. The van der Waals surface area contributed by atoms with Crippen LogP contribution < -0.4 is 5.32 Å². The maximum atomic E-state index is 13.5. The first-order valence-corrected chi connectivity index (χ1v) is 10.7. The number of alkyl halides is 1. The molecule has 174 valence electrons. The largest absolute Gasteiger partial charge is 0.481 e. The van der Waals surface area contributed by atoms with E-state index in [0.717, 1.165) is 10.8 Å². The van der Waals surface area contributed by atoms with Crippen LogP contribution in [0.3, 0.4) is 0 Å². The van der Waals surface area contributed by atoms with Crippen molar-refractivity contribution in [1.29, 1.82) is 0 Å². The summed E-state index contributed by atoms with van der Waals surface area (Å²) in [4.78, 5) is 49.5. The lowest BCUT2D eigenvalue weighted by molar-refractivity contribution is -0.141. The van der Waals surface area contributed by atoms with Gasteiger partial charge in [-0.15, -0.1) is 0 Å². The molecule has 1 aromatic heterocycles. The van der Waals surface area contributed by atoms with E-state index in [9.17, 15) is 23.6 Å². The zero-order valence-corrected chi connectivity index (χ0v) is 18.8. The molecule has 3 aromatic rings. The van der Waals surface area contributed by atoms with E-state index in [4.69, 9.17) is 5.11 Å². The van der Waals surface area contributed by atoms with Crippen molar-refractivity contribution in [2.75, 3.05) is 6.67 Å². The Morgan fingerprint density at radius 3 is 1.91 bits per heavy atom. The molecule has 0 saturated heterocycles. The lowest BCUT2D eigenvalue weighted by Gasteiger charge is -2.30. The smallest absolute Gasteiger partial charge is 0.305 e. The molecule has 0 aliphatic heterocycles. The van der Waals surface area contributed by atoms with Crippen molar-refractivity contribution in [1.82, 2.24) is 9.88 Å². The molecule has 1 heterocycles. The topological polar surface area (TPSA) is 105 Å². The van der Waals surface area contributed by atoms with Crippen LogP contribution in [-0.4, -0.2) is 46.0 Å². The molecule has 2 N–H and O–H groups in total. The monoisotopic (exact) mass is 454 g/mol. The molecule has 2 unspecified atom stereocenters. The summed E-state index contributed by atoms with van der Waals surface area (Å²) in [7, 11) is 0. The van der Waals surface area contributed by atoms with E-state index in [1.54, 1.807) is 25.3 Å². The van der Waals surface area contributed by atoms with Crippen LogP contribution in [0.4, 0.5) is 4.39 Å². The van der Waals surface area contributed by atoms with Crippen molar-refractivity contribution >= 4 is 45.4 Å². The van der Waals surface area contributed by atoms with Crippen molar-refractivity contribution < 1.29 is 28.7 Å². The number of carbonyl (C=O) groups excluding carboxylic acids is 3. The Kier molecular flexibility index (Phi) is 6.95. The SMILES string of the molecule is CC(C)(C)C(CC(=O)n1c2ccccc2c2ccccc21)C(=O)NC(CC(=O)O)C(=O)CF. The van der Waals surface area contributed by atoms with Gasteiger partial charge in [0.2, 0.25) is 11.8 Å². The Morgan fingerprint density at radius 2 is 1.45 bits per heavy atom. The number of aliphatic carboxylic acids is 1. The van der Waals surface area contributed by atoms with Crippen LogP contribution in [0.1, 0.15) is 38.4 Å². The molecule has 2 aromatic carbocycles. The predicted molar refractivity (Wildman–Crippen MR) is 123 cm³/mol. The molecule has 33 heavy (non-hydrogen) atoms. The van der Waals surface area contributed by atoms with E-state index in [2.05, 4.69) is 5.32 Å². The van der Waals surface area contributed by atoms with E-state index < -0.39 is 48.1 Å². The number of fused-ring (bicyclic) bond motifs is 3. The van der Waals surface area contributed by atoms with Crippen LogP contribution >= 0.6 is 0 Å². The van der Waals surface area contributed by atoms with Crippen LogP contribution in [0.25, 0.3) is 21.8 Å². The second-order valence-corrected chi connectivity index (χ2v) is 9.15. The minimum atomic E-state index is -1.49. The zero-order chi connectivity index (χ0) is 24.3. The third kappa shape index (κ3) is 5.10. The summed E-state index contributed by atoms with van der Waals surface area (Å²) < 4.78 is 14.5. The number of ketones is 1.